The Morgan fingerprint density at radius 2 is 1.53 bits per heavy atom. The molecule has 5 heteroatoms. The summed E-state index contributed by atoms with van der Waals surface area (Å²) in [5.41, 5.74) is 0. The van der Waals surface area contributed by atoms with E-state index in [1.165, 1.54) is 12.8 Å². The second kappa shape index (κ2) is 7.48. The van der Waals surface area contributed by atoms with Crippen LogP contribution < -0.4 is 16.0 Å². The number of hydrogen-bond donors (Lipinski definition) is 3. The maximum Gasteiger partial charge on any atom is 0.234 e. The molecule has 0 bridgehead atoms. The number of rotatable bonds is 8. The van der Waals surface area contributed by atoms with Crippen LogP contribution in [-0.4, -0.2) is 37.0 Å². The third-order valence-electron chi connectivity index (χ3n) is 3.71. The highest BCUT2D eigenvalue weighted by Crippen LogP contribution is 2.18. The first-order chi connectivity index (χ1) is 9.24. The van der Waals surface area contributed by atoms with Crippen LogP contribution in [0.1, 0.15) is 51.4 Å². The molecule has 5 nitrogen and oxygen atoms in total. The summed E-state index contributed by atoms with van der Waals surface area (Å²) < 4.78 is 0. The van der Waals surface area contributed by atoms with Crippen LogP contribution in [0.3, 0.4) is 0 Å². The molecule has 2 amide bonds. The minimum atomic E-state index is 0.0781. The van der Waals surface area contributed by atoms with Crippen LogP contribution >= 0.6 is 0 Å². The molecule has 0 heterocycles. The fourth-order valence-corrected chi connectivity index (χ4v) is 2.45. The first-order valence-electron chi connectivity index (χ1n) is 7.53. The minimum absolute atomic E-state index is 0.0781. The Kier molecular flexibility index (Phi) is 5.63. The fraction of sp³-hybridized carbons (Fsp3) is 0.857. The highest BCUT2D eigenvalue weighted by atomic mass is 16.2. The molecule has 0 aromatic heterocycles. The molecule has 0 aromatic carbocycles. The Morgan fingerprint density at radius 1 is 0.895 bits per heavy atom. The predicted molar refractivity (Wildman–Crippen MR) is 73.7 cm³/mol. The summed E-state index contributed by atoms with van der Waals surface area (Å²) >= 11 is 0. The van der Waals surface area contributed by atoms with E-state index in [0.717, 1.165) is 38.6 Å². The molecule has 0 aliphatic heterocycles. The molecule has 3 N–H and O–H groups in total. The van der Waals surface area contributed by atoms with Gasteiger partial charge in [-0.25, -0.2) is 0 Å². The maximum absolute atomic E-state index is 11.6. The third-order valence-corrected chi connectivity index (χ3v) is 3.71. The molecule has 2 aliphatic carbocycles. The van der Waals surface area contributed by atoms with Crippen molar-refractivity contribution in [3.63, 3.8) is 0 Å². The largest absolute Gasteiger partial charge is 0.353 e. The van der Waals surface area contributed by atoms with Crippen molar-refractivity contribution in [1.29, 1.82) is 0 Å². The van der Waals surface area contributed by atoms with E-state index in [1.807, 2.05) is 0 Å². The Morgan fingerprint density at radius 3 is 2.21 bits per heavy atom. The summed E-state index contributed by atoms with van der Waals surface area (Å²) in [5, 5.41) is 9.08. The molecule has 0 aromatic rings. The third kappa shape index (κ3) is 6.05. The molecule has 0 radical (unpaired) electrons. The summed E-state index contributed by atoms with van der Waals surface area (Å²) in [7, 11) is 0. The van der Waals surface area contributed by atoms with E-state index in [0.29, 0.717) is 25.0 Å². The molecule has 2 fully saturated rings. The second-order valence-corrected chi connectivity index (χ2v) is 5.67. The zero-order valence-corrected chi connectivity index (χ0v) is 11.5. The van der Waals surface area contributed by atoms with Gasteiger partial charge in [-0.1, -0.05) is 12.8 Å². The molecule has 2 saturated carbocycles. The quantitative estimate of drug-likeness (QED) is 0.567. The Hall–Kier alpha value is -1.10. The lowest BCUT2D eigenvalue weighted by molar-refractivity contribution is -0.121. The van der Waals surface area contributed by atoms with E-state index in [2.05, 4.69) is 16.0 Å². The molecule has 108 valence electrons. The van der Waals surface area contributed by atoms with Gasteiger partial charge in [-0.2, -0.15) is 0 Å². The molecule has 0 unspecified atom stereocenters. The lowest BCUT2D eigenvalue weighted by atomic mass is 10.2. The summed E-state index contributed by atoms with van der Waals surface area (Å²) in [5.74, 6) is 0.217. The molecule has 0 saturated heterocycles. The molecular formula is C14H25N3O2. The minimum Gasteiger partial charge on any atom is -0.353 e. The molecule has 0 atom stereocenters. The molecule has 19 heavy (non-hydrogen) atoms. The number of carbonyl (C=O) groups excluding carboxylic acids is 2. The summed E-state index contributed by atoms with van der Waals surface area (Å²) in [6, 6.07) is 0.830. The maximum atomic E-state index is 11.6. The smallest absolute Gasteiger partial charge is 0.234 e. The number of hydrogen-bond acceptors (Lipinski definition) is 3. The highest BCUT2D eigenvalue weighted by molar-refractivity contribution is 5.78. The molecule has 2 aliphatic rings. The first-order valence-corrected chi connectivity index (χ1v) is 7.53. The number of amides is 2. The van der Waals surface area contributed by atoms with Crippen LogP contribution in [0, 0.1) is 0 Å². The van der Waals surface area contributed by atoms with Crippen LogP contribution in [0.2, 0.25) is 0 Å². The van der Waals surface area contributed by atoms with Gasteiger partial charge in [0.05, 0.1) is 6.54 Å². The number of carbonyl (C=O) groups is 2. The van der Waals surface area contributed by atoms with Gasteiger partial charge in [-0.3, -0.25) is 9.59 Å². The summed E-state index contributed by atoms with van der Waals surface area (Å²) in [6.45, 7) is 1.08. The van der Waals surface area contributed by atoms with E-state index in [-0.39, 0.29) is 11.8 Å². The van der Waals surface area contributed by atoms with Crippen molar-refractivity contribution in [3.05, 3.63) is 0 Å². The van der Waals surface area contributed by atoms with Gasteiger partial charge < -0.3 is 16.0 Å². The molecule has 0 spiro atoms. The van der Waals surface area contributed by atoms with Crippen molar-refractivity contribution in [3.8, 4) is 0 Å². The second-order valence-electron chi connectivity index (χ2n) is 5.67. The van der Waals surface area contributed by atoms with Gasteiger partial charge in [0.2, 0.25) is 11.8 Å². The first kappa shape index (κ1) is 14.3. The average Bonchev–Trinajstić information content (AvgIpc) is 3.03. The summed E-state index contributed by atoms with van der Waals surface area (Å²) in [6.07, 6.45) is 8.29. The lowest BCUT2D eigenvalue weighted by Crippen LogP contribution is -2.39. The van der Waals surface area contributed by atoms with Crippen LogP contribution in [0.15, 0.2) is 0 Å². The van der Waals surface area contributed by atoms with Gasteiger partial charge in [0.25, 0.3) is 0 Å². The van der Waals surface area contributed by atoms with Gasteiger partial charge in [0, 0.05) is 18.5 Å². The summed E-state index contributed by atoms with van der Waals surface area (Å²) in [4.78, 5) is 23.0. The van der Waals surface area contributed by atoms with Gasteiger partial charge in [-0.15, -0.1) is 0 Å². The van der Waals surface area contributed by atoms with Gasteiger partial charge in [0.15, 0.2) is 0 Å². The van der Waals surface area contributed by atoms with Crippen molar-refractivity contribution < 1.29 is 9.59 Å². The van der Waals surface area contributed by atoms with Crippen molar-refractivity contribution in [2.75, 3.05) is 13.1 Å². The average molecular weight is 267 g/mol. The Bertz CT molecular complexity index is 310. The molecular weight excluding hydrogens is 242 g/mol. The van der Waals surface area contributed by atoms with Gasteiger partial charge in [0.1, 0.15) is 0 Å². The predicted octanol–water partition coefficient (Wildman–Crippen LogP) is 0.694. The lowest BCUT2D eigenvalue weighted by Gasteiger charge is -2.12. The van der Waals surface area contributed by atoms with Crippen LogP contribution in [0.4, 0.5) is 0 Å². The van der Waals surface area contributed by atoms with Crippen LogP contribution in [0.5, 0.6) is 0 Å². The zero-order valence-electron chi connectivity index (χ0n) is 11.5. The van der Waals surface area contributed by atoms with Crippen molar-refractivity contribution >= 4 is 11.8 Å². The van der Waals surface area contributed by atoms with Crippen molar-refractivity contribution in [2.24, 2.45) is 0 Å². The van der Waals surface area contributed by atoms with E-state index in [4.69, 9.17) is 0 Å². The molecule has 2 rings (SSSR count). The van der Waals surface area contributed by atoms with Gasteiger partial charge >= 0.3 is 0 Å². The van der Waals surface area contributed by atoms with Gasteiger partial charge in [-0.05, 0) is 38.6 Å². The highest BCUT2D eigenvalue weighted by Gasteiger charge is 2.22. The van der Waals surface area contributed by atoms with E-state index in [1.54, 1.807) is 0 Å². The van der Waals surface area contributed by atoms with Crippen molar-refractivity contribution in [2.45, 2.75) is 63.5 Å². The van der Waals surface area contributed by atoms with E-state index >= 15 is 0 Å². The topological polar surface area (TPSA) is 70.2 Å². The van der Waals surface area contributed by atoms with Crippen LogP contribution in [-0.2, 0) is 9.59 Å². The SMILES string of the molecule is O=C(CCCNCC(=O)NC1CCCC1)NC1CC1. The van der Waals surface area contributed by atoms with Crippen LogP contribution in [0.25, 0.3) is 0 Å². The fourth-order valence-electron chi connectivity index (χ4n) is 2.45. The monoisotopic (exact) mass is 267 g/mol. The normalized spacial score (nSPS) is 19.4. The Labute approximate surface area is 114 Å². The standard InChI is InChI=1S/C14H25N3O2/c18-13(16-12-7-8-12)6-3-9-15-10-14(19)17-11-4-1-2-5-11/h11-12,15H,1-10H2,(H,16,18)(H,17,19). The zero-order chi connectivity index (χ0) is 13.5. The Balaban J connectivity index is 1.42. The van der Waals surface area contributed by atoms with Crippen molar-refractivity contribution in [1.82, 2.24) is 16.0 Å². The van der Waals surface area contributed by atoms with E-state index < -0.39 is 0 Å². The van der Waals surface area contributed by atoms with E-state index in [9.17, 15) is 9.59 Å². The number of nitrogens with one attached hydrogen (secondary N) is 3.